The molecule has 37 heavy (non-hydrogen) atoms. The summed E-state index contributed by atoms with van der Waals surface area (Å²) in [6, 6.07) is 8.34. The zero-order chi connectivity index (χ0) is 28.3. The van der Waals surface area contributed by atoms with Crippen molar-refractivity contribution < 1.29 is 0 Å². The standard InChI is InChI=1S/C34H64Si3/c1-15-35(16-2,17-3)29-21-31(25(7)8)33(23-29)37(27(11)12,28(13)14)34-24-30(22-32(34)26(9)10)36(18-4,19-5)20-6/h21-28,33-34H,15-20H2,1-14H3. The van der Waals surface area contributed by atoms with Crippen molar-refractivity contribution in [2.75, 3.05) is 0 Å². The minimum absolute atomic E-state index is 0.632. The summed E-state index contributed by atoms with van der Waals surface area (Å²) in [5, 5.41) is 3.65. The van der Waals surface area contributed by atoms with Gasteiger partial charge in [-0.1, -0.05) is 179 Å². The van der Waals surface area contributed by atoms with Gasteiger partial charge in [0.25, 0.3) is 0 Å². The Hall–Kier alpha value is -0.389. The van der Waals surface area contributed by atoms with Gasteiger partial charge in [-0.15, -0.1) is 0 Å². The quantitative estimate of drug-likeness (QED) is 0.187. The molecule has 0 aromatic carbocycles. The molecule has 0 aromatic rings. The lowest BCUT2D eigenvalue weighted by Crippen LogP contribution is -2.51. The van der Waals surface area contributed by atoms with Gasteiger partial charge in [-0.2, -0.15) is 0 Å². The van der Waals surface area contributed by atoms with Crippen LogP contribution in [0.25, 0.3) is 0 Å². The third kappa shape index (κ3) is 5.49. The number of rotatable bonds is 14. The van der Waals surface area contributed by atoms with Gasteiger partial charge in [-0.25, -0.2) is 0 Å². The highest BCUT2D eigenvalue weighted by Gasteiger charge is 2.56. The van der Waals surface area contributed by atoms with Crippen molar-refractivity contribution in [1.29, 1.82) is 0 Å². The SMILES string of the molecule is CC[Si](CC)(CC)C1=CC([Si](C(C)C)(C(C)C)C2C=C([Si](CC)(CC)CC)C=C2C(C)C)C(C(C)C)=C1. The Morgan fingerprint density at radius 1 is 0.514 bits per heavy atom. The van der Waals surface area contributed by atoms with E-state index in [0.717, 1.165) is 11.1 Å². The van der Waals surface area contributed by atoms with Crippen LogP contribution in [0.3, 0.4) is 0 Å². The van der Waals surface area contributed by atoms with E-state index in [0.29, 0.717) is 22.9 Å². The van der Waals surface area contributed by atoms with Crippen molar-refractivity contribution >= 4 is 24.2 Å². The highest BCUT2D eigenvalue weighted by Crippen LogP contribution is 2.62. The summed E-state index contributed by atoms with van der Waals surface area (Å²) in [5.41, 5.74) is 6.46. The predicted molar refractivity (Wildman–Crippen MR) is 180 cm³/mol. The Balaban J connectivity index is 2.91. The van der Waals surface area contributed by atoms with Gasteiger partial charge in [0.05, 0.1) is 24.2 Å². The van der Waals surface area contributed by atoms with E-state index >= 15 is 0 Å². The molecular formula is C34H64Si3. The van der Waals surface area contributed by atoms with Gasteiger partial charge in [0.1, 0.15) is 0 Å². The summed E-state index contributed by atoms with van der Waals surface area (Å²) in [6.07, 6.45) is 11.4. The molecule has 2 unspecified atom stereocenters. The van der Waals surface area contributed by atoms with Crippen LogP contribution in [0.1, 0.15) is 96.9 Å². The Labute approximate surface area is 236 Å². The molecule has 2 aliphatic rings. The first-order valence-electron chi connectivity index (χ1n) is 16.2. The second-order valence-corrected chi connectivity index (χ2v) is 29.9. The maximum Gasteiger partial charge on any atom is 0.0855 e. The van der Waals surface area contributed by atoms with E-state index in [-0.39, 0.29) is 0 Å². The molecule has 2 rings (SSSR count). The van der Waals surface area contributed by atoms with Crippen LogP contribution in [0.5, 0.6) is 0 Å². The van der Waals surface area contributed by atoms with Crippen LogP contribution in [0.15, 0.2) is 45.8 Å². The largest absolute Gasteiger partial charge is 0.0855 e. The molecule has 0 aromatic heterocycles. The fourth-order valence-electron chi connectivity index (χ4n) is 8.79. The van der Waals surface area contributed by atoms with Crippen LogP contribution < -0.4 is 0 Å². The van der Waals surface area contributed by atoms with Crippen LogP contribution in [0.2, 0.25) is 58.4 Å². The lowest BCUT2D eigenvalue weighted by molar-refractivity contribution is 0.694. The van der Waals surface area contributed by atoms with Gasteiger partial charge in [0, 0.05) is 0 Å². The minimum atomic E-state index is -1.90. The zero-order valence-electron chi connectivity index (χ0n) is 27.5. The van der Waals surface area contributed by atoms with Gasteiger partial charge in [0.15, 0.2) is 0 Å². The average Bonchev–Trinajstić information content (AvgIpc) is 3.50. The molecular weight excluding hydrogens is 493 g/mol. The van der Waals surface area contributed by atoms with E-state index in [1.165, 1.54) is 36.3 Å². The second kappa shape index (κ2) is 12.9. The molecule has 0 amide bonds. The van der Waals surface area contributed by atoms with E-state index in [1.54, 1.807) is 11.1 Å². The lowest BCUT2D eigenvalue weighted by atomic mass is 10.0. The normalized spacial score (nSPS) is 21.4. The summed E-state index contributed by atoms with van der Waals surface area (Å²) in [7, 11) is -4.73. The second-order valence-electron chi connectivity index (χ2n) is 13.8. The summed E-state index contributed by atoms with van der Waals surface area (Å²) in [5.74, 6) is 1.26. The van der Waals surface area contributed by atoms with E-state index in [4.69, 9.17) is 0 Å². The third-order valence-corrected chi connectivity index (χ3v) is 30.1. The smallest absolute Gasteiger partial charge is 0.0807 e. The van der Waals surface area contributed by atoms with Gasteiger partial charge in [0.2, 0.25) is 0 Å². The van der Waals surface area contributed by atoms with Crippen molar-refractivity contribution in [3.05, 3.63) is 45.8 Å². The first-order chi connectivity index (χ1) is 17.3. The van der Waals surface area contributed by atoms with E-state index in [2.05, 4.69) is 121 Å². The molecule has 2 aliphatic carbocycles. The van der Waals surface area contributed by atoms with E-state index < -0.39 is 24.2 Å². The molecule has 0 nitrogen and oxygen atoms in total. The van der Waals surface area contributed by atoms with Crippen LogP contribution in [0.4, 0.5) is 0 Å². The molecule has 0 spiro atoms. The van der Waals surface area contributed by atoms with E-state index in [1.807, 2.05) is 10.4 Å². The first kappa shape index (κ1) is 32.8. The molecule has 0 N–H and O–H groups in total. The van der Waals surface area contributed by atoms with Gasteiger partial charge >= 0.3 is 0 Å². The van der Waals surface area contributed by atoms with Crippen molar-refractivity contribution in [1.82, 2.24) is 0 Å². The molecule has 0 aliphatic heterocycles. The Morgan fingerprint density at radius 3 is 0.973 bits per heavy atom. The number of hydrogen-bond donors (Lipinski definition) is 0. The van der Waals surface area contributed by atoms with Crippen LogP contribution in [-0.2, 0) is 0 Å². The van der Waals surface area contributed by atoms with Crippen LogP contribution in [-0.4, -0.2) is 24.2 Å². The van der Waals surface area contributed by atoms with E-state index in [9.17, 15) is 0 Å². The molecule has 0 radical (unpaired) electrons. The molecule has 0 saturated carbocycles. The first-order valence-corrected chi connectivity index (χ1v) is 23.7. The number of hydrogen-bond acceptors (Lipinski definition) is 0. The topological polar surface area (TPSA) is 0 Å². The Bertz CT molecular complexity index is 797. The average molecular weight is 557 g/mol. The maximum absolute atomic E-state index is 2.93. The van der Waals surface area contributed by atoms with Crippen molar-refractivity contribution in [3.63, 3.8) is 0 Å². The summed E-state index contributed by atoms with van der Waals surface area (Å²) in [6.45, 7) is 35.4. The maximum atomic E-state index is 2.93. The molecule has 0 fully saturated rings. The third-order valence-electron chi connectivity index (χ3n) is 11.8. The molecule has 3 heteroatoms. The fourth-order valence-corrected chi connectivity index (χ4v) is 24.1. The Kier molecular flexibility index (Phi) is 11.4. The van der Waals surface area contributed by atoms with Crippen molar-refractivity contribution in [3.8, 4) is 0 Å². The predicted octanol–water partition coefficient (Wildman–Crippen LogP) is 12.1. The van der Waals surface area contributed by atoms with Crippen molar-refractivity contribution in [2.45, 2.75) is 155 Å². The zero-order valence-corrected chi connectivity index (χ0v) is 30.5. The van der Waals surface area contributed by atoms with Crippen LogP contribution >= 0.6 is 0 Å². The number of allylic oxidation sites excluding steroid dienone is 8. The summed E-state index contributed by atoms with van der Waals surface area (Å²) >= 11 is 0. The van der Waals surface area contributed by atoms with Gasteiger partial charge in [-0.05, 0) is 34.0 Å². The highest BCUT2D eigenvalue weighted by atomic mass is 28.3. The van der Waals surface area contributed by atoms with Crippen LogP contribution in [0, 0.1) is 11.8 Å². The van der Waals surface area contributed by atoms with Gasteiger partial charge in [-0.3, -0.25) is 0 Å². The molecule has 0 saturated heterocycles. The van der Waals surface area contributed by atoms with Gasteiger partial charge < -0.3 is 0 Å². The summed E-state index contributed by atoms with van der Waals surface area (Å²) in [4.78, 5) is 0. The molecule has 0 bridgehead atoms. The molecule has 0 heterocycles. The lowest BCUT2D eigenvalue weighted by Gasteiger charge is -2.50. The molecule has 2 atom stereocenters. The minimum Gasteiger partial charge on any atom is -0.0807 e. The van der Waals surface area contributed by atoms with Crippen molar-refractivity contribution in [2.24, 2.45) is 11.8 Å². The molecule has 212 valence electrons. The fraction of sp³-hybridized carbons (Fsp3) is 0.765. The Morgan fingerprint density at radius 2 is 0.784 bits per heavy atom. The summed E-state index contributed by atoms with van der Waals surface area (Å²) < 4.78 is 0. The highest BCUT2D eigenvalue weighted by molar-refractivity contribution is 6.90. The monoisotopic (exact) mass is 556 g/mol.